The van der Waals surface area contributed by atoms with E-state index < -0.39 is 15.6 Å². The minimum atomic E-state index is -3.31. The molecule has 0 heterocycles. The monoisotopic (exact) mass is 280 g/mol. The molecule has 0 aliphatic heterocycles. The van der Waals surface area contributed by atoms with Crippen molar-refractivity contribution in [3.05, 3.63) is 0 Å². The molecule has 0 saturated carbocycles. The zero-order valence-corrected chi connectivity index (χ0v) is 12.9. The van der Waals surface area contributed by atoms with Crippen LogP contribution in [0.5, 0.6) is 0 Å². The Bertz CT molecular complexity index is 313. The molecule has 0 saturated heterocycles. The van der Waals surface area contributed by atoms with Gasteiger partial charge in [-0.25, -0.2) is 8.42 Å². The predicted octanol–water partition coefficient (Wildman–Crippen LogP) is 1.19. The largest absolute Gasteiger partial charge is 0.381 e. The second kappa shape index (κ2) is 8.09. The second-order valence-electron chi connectivity index (χ2n) is 4.64. The molecule has 0 bridgehead atoms. The molecular weight excluding hydrogens is 252 g/mol. The Labute approximate surface area is 112 Å². The second-order valence-corrected chi connectivity index (χ2v) is 6.65. The molecule has 0 aromatic carbocycles. The molecule has 0 aromatic heterocycles. The first-order valence-corrected chi connectivity index (χ1v) is 8.27. The van der Waals surface area contributed by atoms with E-state index in [9.17, 15) is 8.42 Å². The average molecular weight is 280 g/mol. The van der Waals surface area contributed by atoms with Crippen LogP contribution in [0, 0.1) is 0 Å². The van der Waals surface area contributed by atoms with Gasteiger partial charge in [-0.05, 0) is 26.7 Å². The highest BCUT2D eigenvalue weighted by Gasteiger charge is 2.36. The van der Waals surface area contributed by atoms with Crippen molar-refractivity contribution in [2.75, 3.05) is 32.1 Å². The first-order valence-electron chi connectivity index (χ1n) is 6.66. The van der Waals surface area contributed by atoms with Crippen molar-refractivity contribution in [3.63, 3.8) is 0 Å². The van der Waals surface area contributed by atoms with E-state index in [1.54, 1.807) is 4.31 Å². The van der Waals surface area contributed by atoms with Crippen LogP contribution in [0.1, 0.15) is 40.5 Å². The molecule has 1 atom stereocenters. The van der Waals surface area contributed by atoms with Crippen molar-refractivity contribution in [2.24, 2.45) is 5.73 Å². The van der Waals surface area contributed by atoms with Gasteiger partial charge in [0.05, 0.1) is 12.4 Å². The van der Waals surface area contributed by atoms with Gasteiger partial charge in [-0.15, -0.1) is 0 Å². The van der Waals surface area contributed by atoms with Crippen LogP contribution >= 0.6 is 0 Å². The molecule has 0 aliphatic carbocycles. The molecule has 0 fully saturated rings. The third-order valence-corrected chi connectivity index (χ3v) is 5.23. The highest BCUT2D eigenvalue weighted by atomic mass is 32.2. The van der Waals surface area contributed by atoms with Crippen molar-refractivity contribution >= 4 is 10.0 Å². The van der Waals surface area contributed by atoms with Gasteiger partial charge in [0.15, 0.2) is 0 Å². The highest BCUT2D eigenvalue weighted by Crippen LogP contribution is 2.22. The molecule has 0 aliphatic rings. The van der Waals surface area contributed by atoms with Gasteiger partial charge in [-0.3, -0.25) is 0 Å². The Morgan fingerprint density at radius 1 is 1.28 bits per heavy atom. The third-order valence-electron chi connectivity index (χ3n) is 3.26. The van der Waals surface area contributed by atoms with Gasteiger partial charge >= 0.3 is 0 Å². The predicted molar refractivity (Wildman–Crippen MR) is 75.0 cm³/mol. The molecule has 0 aromatic rings. The van der Waals surface area contributed by atoms with Crippen LogP contribution in [0.4, 0.5) is 0 Å². The maximum Gasteiger partial charge on any atom is 0.216 e. The summed E-state index contributed by atoms with van der Waals surface area (Å²) in [5.74, 6) is 0.0242. The smallest absolute Gasteiger partial charge is 0.216 e. The molecule has 18 heavy (non-hydrogen) atoms. The number of sulfonamides is 1. The normalized spacial score (nSPS) is 15.9. The summed E-state index contributed by atoms with van der Waals surface area (Å²) < 4.78 is 31.4. The van der Waals surface area contributed by atoms with E-state index in [0.29, 0.717) is 26.1 Å². The summed E-state index contributed by atoms with van der Waals surface area (Å²) in [5.41, 5.74) is 5.26. The summed E-state index contributed by atoms with van der Waals surface area (Å²) in [6, 6.07) is 0. The van der Waals surface area contributed by atoms with E-state index in [1.807, 2.05) is 27.7 Å². The van der Waals surface area contributed by atoms with Crippen LogP contribution < -0.4 is 5.73 Å². The third kappa shape index (κ3) is 4.84. The zero-order chi connectivity index (χ0) is 14.2. The quantitative estimate of drug-likeness (QED) is 0.610. The standard InChI is InChI=1S/C12H28N2O3S/c1-5-8-14(12(4,6-2)11-13)18(15,16)10-9-17-7-3/h5-11,13H2,1-4H3. The molecule has 1 unspecified atom stereocenters. The molecule has 110 valence electrons. The number of rotatable bonds is 10. The molecule has 0 radical (unpaired) electrons. The van der Waals surface area contributed by atoms with Gasteiger partial charge in [-0.1, -0.05) is 13.8 Å². The molecule has 0 spiro atoms. The first-order chi connectivity index (χ1) is 8.37. The van der Waals surface area contributed by atoms with Crippen LogP contribution in [-0.2, 0) is 14.8 Å². The van der Waals surface area contributed by atoms with Gasteiger partial charge in [0.25, 0.3) is 0 Å². The number of hydrogen-bond donors (Lipinski definition) is 1. The van der Waals surface area contributed by atoms with Crippen molar-refractivity contribution in [1.29, 1.82) is 0 Å². The molecule has 2 N–H and O–H groups in total. The zero-order valence-electron chi connectivity index (χ0n) is 12.1. The van der Waals surface area contributed by atoms with Gasteiger partial charge in [0.1, 0.15) is 0 Å². The van der Waals surface area contributed by atoms with Gasteiger partial charge < -0.3 is 10.5 Å². The van der Waals surface area contributed by atoms with Crippen LogP contribution in [0.3, 0.4) is 0 Å². The van der Waals surface area contributed by atoms with E-state index in [2.05, 4.69) is 0 Å². The Balaban J connectivity index is 4.97. The fraction of sp³-hybridized carbons (Fsp3) is 1.00. The number of nitrogens with zero attached hydrogens (tertiary/aromatic N) is 1. The lowest BCUT2D eigenvalue weighted by Crippen LogP contribution is -2.55. The van der Waals surface area contributed by atoms with Crippen LogP contribution in [0.15, 0.2) is 0 Å². The number of hydrogen-bond acceptors (Lipinski definition) is 4. The maximum atomic E-state index is 12.4. The average Bonchev–Trinajstić information content (AvgIpc) is 2.35. The van der Waals surface area contributed by atoms with E-state index in [0.717, 1.165) is 6.42 Å². The van der Waals surface area contributed by atoms with Gasteiger partial charge in [0, 0.05) is 25.2 Å². The van der Waals surface area contributed by atoms with E-state index in [1.165, 1.54) is 0 Å². The SMILES string of the molecule is CCCN(C(C)(CC)CN)S(=O)(=O)CCOCC. The lowest BCUT2D eigenvalue weighted by molar-refractivity contribution is 0.158. The fourth-order valence-corrected chi connectivity index (χ4v) is 3.67. The maximum absolute atomic E-state index is 12.4. The Morgan fingerprint density at radius 2 is 1.89 bits per heavy atom. The molecule has 5 nitrogen and oxygen atoms in total. The van der Waals surface area contributed by atoms with Crippen molar-refractivity contribution in [1.82, 2.24) is 4.31 Å². The van der Waals surface area contributed by atoms with E-state index in [-0.39, 0.29) is 12.4 Å². The minimum absolute atomic E-state index is 0.0242. The molecule has 0 rings (SSSR count). The van der Waals surface area contributed by atoms with Gasteiger partial charge in [-0.2, -0.15) is 4.31 Å². The summed E-state index contributed by atoms with van der Waals surface area (Å²) in [6.45, 7) is 9.31. The molecular formula is C12H28N2O3S. The van der Waals surface area contributed by atoms with Crippen molar-refractivity contribution in [3.8, 4) is 0 Å². The summed E-state index contributed by atoms with van der Waals surface area (Å²) in [5, 5.41) is 0. The van der Waals surface area contributed by atoms with Crippen LogP contribution in [0.25, 0.3) is 0 Å². The Morgan fingerprint density at radius 3 is 2.28 bits per heavy atom. The summed E-state index contributed by atoms with van der Waals surface area (Å²) in [6.07, 6.45) is 1.49. The van der Waals surface area contributed by atoms with Crippen molar-refractivity contribution in [2.45, 2.75) is 46.1 Å². The topological polar surface area (TPSA) is 72.6 Å². The summed E-state index contributed by atoms with van der Waals surface area (Å²) in [7, 11) is -3.31. The number of ether oxygens (including phenoxy) is 1. The minimum Gasteiger partial charge on any atom is -0.381 e. The number of nitrogens with two attached hydrogens (primary N) is 1. The van der Waals surface area contributed by atoms with E-state index in [4.69, 9.17) is 10.5 Å². The first kappa shape index (κ1) is 17.8. The fourth-order valence-electron chi connectivity index (χ4n) is 1.79. The Hall–Kier alpha value is -0.170. The Kier molecular flexibility index (Phi) is 8.02. The van der Waals surface area contributed by atoms with Gasteiger partial charge in [0.2, 0.25) is 10.0 Å². The lowest BCUT2D eigenvalue weighted by atomic mass is 9.99. The van der Waals surface area contributed by atoms with Crippen molar-refractivity contribution < 1.29 is 13.2 Å². The van der Waals surface area contributed by atoms with Crippen LogP contribution in [-0.4, -0.2) is 50.3 Å². The highest BCUT2D eigenvalue weighted by molar-refractivity contribution is 7.89. The summed E-state index contributed by atoms with van der Waals surface area (Å²) >= 11 is 0. The summed E-state index contributed by atoms with van der Waals surface area (Å²) in [4.78, 5) is 0. The van der Waals surface area contributed by atoms with Crippen LogP contribution in [0.2, 0.25) is 0 Å². The molecule has 6 heteroatoms. The van der Waals surface area contributed by atoms with E-state index >= 15 is 0 Å². The molecule has 0 amide bonds. The lowest BCUT2D eigenvalue weighted by Gasteiger charge is -2.38.